The number of nitriles is 1. The average Bonchev–Trinajstić information content (AvgIpc) is 3.38. The van der Waals surface area contributed by atoms with Crippen molar-refractivity contribution in [2.75, 3.05) is 21.3 Å². The lowest BCUT2D eigenvalue weighted by Gasteiger charge is -2.24. The molecular formula is C29H25FN4O5. The summed E-state index contributed by atoms with van der Waals surface area (Å²) in [6.45, 7) is 0.0801. The molecule has 0 aliphatic carbocycles. The largest absolute Gasteiger partial charge is 0.493 e. The van der Waals surface area contributed by atoms with Crippen LogP contribution in [0.5, 0.6) is 28.9 Å². The van der Waals surface area contributed by atoms with E-state index < -0.39 is 5.92 Å². The molecule has 39 heavy (non-hydrogen) atoms. The third-order valence-corrected chi connectivity index (χ3v) is 6.46. The van der Waals surface area contributed by atoms with E-state index in [1.165, 1.54) is 27.4 Å². The molecule has 1 atom stereocenters. The summed E-state index contributed by atoms with van der Waals surface area (Å²) in [6.07, 6.45) is 0. The van der Waals surface area contributed by atoms with Crippen LogP contribution in [-0.2, 0) is 6.61 Å². The zero-order chi connectivity index (χ0) is 27.5. The summed E-state index contributed by atoms with van der Waals surface area (Å²) in [5.74, 6) is 1.19. The molecule has 3 N–H and O–H groups in total. The van der Waals surface area contributed by atoms with Gasteiger partial charge in [0.05, 0.1) is 38.5 Å². The van der Waals surface area contributed by atoms with Crippen LogP contribution in [-0.4, -0.2) is 31.5 Å². The molecule has 4 aromatic rings. The van der Waals surface area contributed by atoms with Crippen LogP contribution in [0.1, 0.15) is 22.6 Å². The molecule has 9 nitrogen and oxygen atoms in total. The first-order chi connectivity index (χ1) is 19.0. The van der Waals surface area contributed by atoms with Crippen molar-refractivity contribution in [3.8, 4) is 46.2 Å². The van der Waals surface area contributed by atoms with Crippen LogP contribution in [0.2, 0.25) is 0 Å². The maximum atomic E-state index is 14.0. The van der Waals surface area contributed by atoms with Crippen molar-refractivity contribution in [3.63, 3.8) is 0 Å². The van der Waals surface area contributed by atoms with Crippen LogP contribution >= 0.6 is 0 Å². The monoisotopic (exact) mass is 528 g/mol. The minimum atomic E-state index is -0.591. The van der Waals surface area contributed by atoms with Crippen molar-refractivity contribution in [2.24, 2.45) is 5.73 Å². The first-order valence-electron chi connectivity index (χ1n) is 11.9. The summed E-state index contributed by atoms with van der Waals surface area (Å²) in [5, 5.41) is 17.4. The molecule has 0 radical (unpaired) electrons. The molecular weight excluding hydrogens is 503 g/mol. The van der Waals surface area contributed by atoms with E-state index >= 15 is 0 Å². The van der Waals surface area contributed by atoms with E-state index in [9.17, 15) is 9.65 Å². The third kappa shape index (κ3) is 4.66. The van der Waals surface area contributed by atoms with Crippen molar-refractivity contribution in [1.82, 2.24) is 10.2 Å². The molecule has 1 aromatic heterocycles. The van der Waals surface area contributed by atoms with Gasteiger partial charge in [0.2, 0.25) is 17.5 Å². The van der Waals surface area contributed by atoms with Crippen LogP contribution < -0.4 is 29.4 Å². The molecule has 0 unspecified atom stereocenters. The number of nitrogens with zero attached hydrogens (tertiary/aromatic N) is 2. The standard InChI is InChI=1S/C29H25FN4O5/c1-35-22-12-18(13-23(36-2)27(22)37-3)26-25-24(20(14-31)28(32)39-29(25)34-33-26)16-8-10-19(11-9-16)38-15-17-6-4-5-7-21(17)30/h4-13,24H,15,32H2,1-3H3,(H,33,34)/t24-/m0/s1. The summed E-state index contributed by atoms with van der Waals surface area (Å²) in [5.41, 5.74) is 9.46. The van der Waals surface area contributed by atoms with Gasteiger partial charge in [-0.05, 0) is 35.9 Å². The summed E-state index contributed by atoms with van der Waals surface area (Å²) >= 11 is 0. The molecule has 0 fully saturated rings. The quantitative estimate of drug-likeness (QED) is 0.326. The Labute approximate surface area is 224 Å². The van der Waals surface area contributed by atoms with Crippen LogP contribution in [0.4, 0.5) is 4.39 Å². The number of methoxy groups -OCH3 is 3. The number of fused-ring (bicyclic) bond motifs is 1. The number of H-pyrrole nitrogens is 1. The van der Waals surface area contributed by atoms with Gasteiger partial charge in [-0.15, -0.1) is 5.10 Å². The Kier molecular flexibility index (Phi) is 6.97. The number of hydrogen-bond acceptors (Lipinski definition) is 8. The topological polar surface area (TPSA) is 125 Å². The number of aromatic amines is 1. The minimum absolute atomic E-state index is 0.0298. The van der Waals surface area contributed by atoms with Crippen molar-refractivity contribution < 1.29 is 28.1 Å². The number of nitrogens with one attached hydrogen (secondary N) is 1. The highest BCUT2D eigenvalue weighted by molar-refractivity contribution is 5.75. The summed E-state index contributed by atoms with van der Waals surface area (Å²) in [4.78, 5) is 0. The Morgan fingerprint density at radius 3 is 2.33 bits per heavy atom. The third-order valence-electron chi connectivity index (χ3n) is 6.46. The van der Waals surface area contributed by atoms with Gasteiger partial charge in [-0.2, -0.15) is 5.26 Å². The highest BCUT2D eigenvalue weighted by Crippen LogP contribution is 2.48. The maximum absolute atomic E-state index is 14.0. The van der Waals surface area contributed by atoms with Crippen molar-refractivity contribution in [2.45, 2.75) is 12.5 Å². The first-order valence-corrected chi connectivity index (χ1v) is 11.9. The number of benzene rings is 3. The molecule has 0 bridgehead atoms. The highest BCUT2D eigenvalue weighted by atomic mass is 19.1. The second-order valence-corrected chi connectivity index (χ2v) is 8.61. The van der Waals surface area contributed by atoms with Gasteiger partial charge in [-0.1, -0.05) is 30.3 Å². The SMILES string of the molecule is COc1cc(-c2[nH]nc3c2[C@@H](c2ccc(OCc4ccccc4F)cc2)C(C#N)=C(N)O3)cc(OC)c1OC. The molecule has 198 valence electrons. The minimum Gasteiger partial charge on any atom is -0.493 e. The molecule has 1 aliphatic heterocycles. The van der Waals surface area contributed by atoms with E-state index in [-0.39, 0.29) is 29.8 Å². The lowest BCUT2D eigenvalue weighted by molar-refractivity contribution is 0.299. The fourth-order valence-electron chi connectivity index (χ4n) is 4.56. The van der Waals surface area contributed by atoms with E-state index in [0.717, 1.165) is 5.56 Å². The molecule has 1 aliphatic rings. The Bertz CT molecular complexity index is 1570. The number of ether oxygens (including phenoxy) is 5. The molecule has 3 aromatic carbocycles. The first kappa shape index (κ1) is 25.5. The predicted octanol–water partition coefficient (Wildman–Crippen LogP) is 5.04. The Hall–Kier alpha value is -5.17. The van der Waals surface area contributed by atoms with Gasteiger partial charge < -0.3 is 29.4 Å². The molecule has 10 heteroatoms. The van der Waals surface area contributed by atoms with E-state index in [1.54, 1.807) is 42.5 Å². The van der Waals surface area contributed by atoms with Crippen molar-refractivity contribution in [3.05, 3.63) is 94.6 Å². The number of halogens is 1. The van der Waals surface area contributed by atoms with Gasteiger partial charge in [0.15, 0.2) is 11.5 Å². The van der Waals surface area contributed by atoms with Gasteiger partial charge >= 0.3 is 0 Å². The van der Waals surface area contributed by atoms with Crippen LogP contribution in [0.15, 0.2) is 72.1 Å². The lowest BCUT2D eigenvalue weighted by atomic mass is 9.83. The van der Waals surface area contributed by atoms with E-state index in [4.69, 9.17) is 29.4 Å². The lowest BCUT2D eigenvalue weighted by Crippen LogP contribution is -2.21. The maximum Gasteiger partial charge on any atom is 0.244 e. The van der Waals surface area contributed by atoms with Gasteiger partial charge in [0.1, 0.15) is 29.8 Å². The molecule has 0 saturated carbocycles. The van der Waals surface area contributed by atoms with E-state index in [0.29, 0.717) is 45.4 Å². The van der Waals surface area contributed by atoms with Crippen LogP contribution in [0.3, 0.4) is 0 Å². The molecule has 2 heterocycles. The smallest absolute Gasteiger partial charge is 0.244 e. The Morgan fingerprint density at radius 1 is 1.03 bits per heavy atom. The Balaban J connectivity index is 1.54. The normalized spacial score (nSPS) is 14.2. The highest BCUT2D eigenvalue weighted by Gasteiger charge is 2.36. The summed E-state index contributed by atoms with van der Waals surface area (Å²) in [6, 6.07) is 19.4. The molecule has 0 amide bonds. The Morgan fingerprint density at radius 2 is 1.72 bits per heavy atom. The summed E-state index contributed by atoms with van der Waals surface area (Å²) in [7, 11) is 4.59. The average molecular weight is 529 g/mol. The molecule has 5 rings (SSSR count). The van der Waals surface area contributed by atoms with E-state index in [2.05, 4.69) is 16.3 Å². The second-order valence-electron chi connectivity index (χ2n) is 8.61. The van der Waals surface area contributed by atoms with Gasteiger partial charge in [0.25, 0.3) is 0 Å². The number of nitrogens with two attached hydrogens (primary N) is 1. The number of aromatic nitrogens is 2. The number of rotatable bonds is 8. The summed E-state index contributed by atoms with van der Waals surface area (Å²) < 4.78 is 42.0. The molecule has 0 spiro atoms. The van der Waals surface area contributed by atoms with Crippen LogP contribution in [0.25, 0.3) is 11.3 Å². The predicted molar refractivity (Wildman–Crippen MR) is 140 cm³/mol. The zero-order valence-electron chi connectivity index (χ0n) is 21.4. The number of allylic oxidation sites excluding steroid dienone is 1. The fraction of sp³-hybridized carbons (Fsp3) is 0.172. The van der Waals surface area contributed by atoms with Crippen molar-refractivity contribution >= 4 is 0 Å². The molecule has 0 saturated heterocycles. The van der Waals surface area contributed by atoms with Gasteiger partial charge in [-0.3, -0.25) is 5.10 Å². The second kappa shape index (κ2) is 10.7. The van der Waals surface area contributed by atoms with E-state index in [1.807, 2.05) is 12.1 Å². The zero-order valence-corrected chi connectivity index (χ0v) is 21.4. The van der Waals surface area contributed by atoms with Crippen LogP contribution in [0, 0.1) is 17.1 Å². The fourth-order valence-corrected chi connectivity index (χ4v) is 4.56. The van der Waals surface area contributed by atoms with Gasteiger partial charge in [0, 0.05) is 11.1 Å². The van der Waals surface area contributed by atoms with Crippen molar-refractivity contribution in [1.29, 1.82) is 5.26 Å². The number of hydrogen-bond donors (Lipinski definition) is 2. The van der Waals surface area contributed by atoms with Gasteiger partial charge in [-0.25, -0.2) is 4.39 Å².